The molecule has 1 atom stereocenters. The van der Waals surface area contributed by atoms with Gasteiger partial charge in [0.05, 0.1) is 0 Å². The molecule has 19 heavy (non-hydrogen) atoms. The second kappa shape index (κ2) is 8.80. The largest absolute Gasteiger partial charge is 0.353 e. The van der Waals surface area contributed by atoms with Crippen LogP contribution in [-0.2, 0) is 4.79 Å². The molecule has 0 radical (unpaired) electrons. The first-order valence-corrected chi connectivity index (χ1v) is 7.78. The van der Waals surface area contributed by atoms with Gasteiger partial charge in [0, 0.05) is 12.5 Å². The average molecular weight is 289 g/mol. The van der Waals surface area contributed by atoms with E-state index < -0.39 is 0 Å². The lowest BCUT2D eigenvalue weighted by Crippen LogP contribution is -2.38. The van der Waals surface area contributed by atoms with Crippen LogP contribution in [0.15, 0.2) is 0 Å². The first-order chi connectivity index (χ1) is 8.78. The summed E-state index contributed by atoms with van der Waals surface area (Å²) in [6.45, 7) is 4.38. The van der Waals surface area contributed by atoms with Crippen LogP contribution in [0, 0.1) is 11.8 Å². The normalized spacial score (nSPS) is 30.7. The molecule has 0 aromatic rings. The van der Waals surface area contributed by atoms with Crippen LogP contribution >= 0.6 is 12.4 Å². The fourth-order valence-corrected chi connectivity index (χ4v) is 3.44. The van der Waals surface area contributed by atoms with Crippen LogP contribution in [0.2, 0.25) is 0 Å². The van der Waals surface area contributed by atoms with Crippen molar-refractivity contribution in [1.82, 2.24) is 10.6 Å². The quantitative estimate of drug-likeness (QED) is 0.817. The topological polar surface area (TPSA) is 41.1 Å². The molecule has 2 N–H and O–H groups in total. The Morgan fingerprint density at radius 3 is 2.47 bits per heavy atom. The SMILES string of the molecule is CCCC1CCC(NC(=O)CC2CCNC2)CC1.Cl. The van der Waals surface area contributed by atoms with Gasteiger partial charge < -0.3 is 10.6 Å². The molecule has 1 saturated carbocycles. The monoisotopic (exact) mass is 288 g/mol. The summed E-state index contributed by atoms with van der Waals surface area (Å²) >= 11 is 0. The first kappa shape index (κ1) is 16.8. The number of carbonyl (C=O) groups excluding carboxylic acids is 1. The molecule has 112 valence electrons. The van der Waals surface area contributed by atoms with Crippen LogP contribution in [0.4, 0.5) is 0 Å². The highest BCUT2D eigenvalue weighted by Gasteiger charge is 2.23. The second-order valence-electron chi connectivity index (χ2n) is 6.14. The molecule has 1 amide bonds. The molecule has 2 aliphatic rings. The van der Waals surface area contributed by atoms with Crippen LogP contribution in [0.25, 0.3) is 0 Å². The van der Waals surface area contributed by atoms with E-state index in [9.17, 15) is 4.79 Å². The zero-order valence-electron chi connectivity index (χ0n) is 12.1. The fraction of sp³-hybridized carbons (Fsp3) is 0.933. The molecule has 2 fully saturated rings. The van der Waals surface area contributed by atoms with Gasteiger partial charge in [-0.2, -0.15) is 0 Å². The Kier molecular flexibility index (Phi) is 7.77. The van der Waals surface area contributed by atoms with E-state index in [1.807, 2.05) is 0 Å². The summed E-state index contributed by atoms with van der Waals surface area (Å²) in [7, 11) is 0. The van der Waals surface area contributed by atoms with Gasteiger partial charge in [0.25, 0.3) is 0 Å². The summed E-state index contributed by atoms with van der Waals surface area (Å²) in [5.41, 5.74) is 0. The lowest BCUT2D eigenvalue weighted by Gasteiger charge is -2.29. The Labute approximate surface area is 123 Å². The average Bonchev–Trinajstić information content (AvgIpc) is 2.84. The van der Waals surface area contributed by atoms with Gasteiger partial charge in [-0.25, -0.2) is 0 Å². The molecule has 0 aromatic carbocycles. The van der Waals surface area contributed by atoms with Crippen molar-refractivity contribution >= 4 is 18.3 Å². The number of halogens is 1. The minimum Gasteiger partial charge on any atom is -0.353 e. The van der Waals surface area contributed by atoms with Crippen molar-refractivity contribution in [1.29, 1.82) is 0 Å². The number of amides is 1. The molecule has 0 bridgehead atoms. The third kappa shape index (κ3) is 5.70. The van der Waals surface area contributed by atoms with Gasteiger partial charge in [0.15, 0.2) is 0 Å². The molecular formula is C15H29ClN2O. The third-order valence-corrected chi connectivity index (χ3v) is 4.55. The van der Waals surface area contributed by atoms with Gasteiger partial charge in [-0.1, -0.05) is 19.8 Å². The predicted molar refractivity (Wildman–Crippen MR) is 81.6 cm³/mol. The molecule has 2 rings (SSSR count). The van der Waals surface area contributed by atoms with E-state index in [2.05, 4.69) is 17.6 Å². The maximum Gasteiger partial charge on any atom is 0.220 e. The van der Waals surface area contributed by atoms with Gasteiger partial charge in [-0.3, -0.25) is 4.79 Å². The maximum absolute atomic E-state index is 11.9. The van der Waals surface area contributed by atoms with E-state index in [0.29, 0.717) is 12.0 Å². The number of nitrogens with one attached hydrogen (secondary N) is 2. The van der Waals surface area contributed by atoms with E-state index >= 15 is 0 Å². The summed E-state index contributed by atoms with van der Waals surface area (Å²) in [6, 6.07) is 0.458. The van der Waals surface area contributed by atoms with Gasteiger partial charge in [0.2, 0.25) is 5.91 Å². The summed E-state index contributed by atoms with van der Waals surface area (Å²) in [5, 5.41) is 6.56. The Morgan fingerprint density at radius 1 is 1.16 bits per heavy atom. The highest BCUT2D eigenvalue weighted by atomic mass is 35.5. The van der Waals surface area contributed by atoms with Gasteiger partial charge in [0.1, 0.15) is 0 Å². The zero-order chi connectivity index (χ0) is 12.8. The highest BCUT2D eigenvalue weighted by Crippen LogP contribution is 2.27. The van der Waals surface area contributed by atoms with Crippen molar-refractivity contribution in [2.24, 2.45) is 11.8 Å². The predicted octanol–water partition coefficient (Wildman–Crippen LogP) is 2.88. The van der Waals surface area contributed by atoms with Crippen molar-refractivity contribution in [3.8, 4) is 0 Å². The van der Waals surface area contributed by atoms with Gasteiger partial charge in [-0.05, 0) is 57.0 Å². The summed E-state index contributed by atoms with van der Waals surface area (Å²) in [6.07, 6.45) is 9.56. The highest BCUT2D eigenvalue weighted by molar-refractivity contribution is 5.85. The van der Waals surface area contributed by atoms with E-state index in [1.54, 1.807) is 0 Å². The van der Waals surface area contributed by atoms with Crippen molar-refractivity contribution < 1.29 is 4.79 Å². The lowest BCUT2D eigenvalue weighted by atomic mass is 9.83. The lowest BCUT2D eigenvalue weighted by molar-refractivity contribution is -0.122. The molecule has 4 heteroatoms. The van der Waals surface area contributed by atoms with E-state index in [1.165, 1.54) is 38.5 Å². The molecule has 0 aromatic heterocycles. The molecule has 1 unspecified atom stereocenters. The Bertz CT molecular complexity index is 259. The zero-order valence-corrected chi connectivity index (χ0v) is 12.9. The smallest absolute Gasteiger partial charge is 0.220 e. The maximum atomic E-state index is 11.9. The molecular weight excluding hydrogens is 260 g/mol. The Morgan fingerprint density at radius 2 is 1.89 bits per heavy atom. The van der Waals surface area contributed by atoms with Crippen molar-refractivity contribution in [3.63, 3.8) is 0 Å². The number of hydrogen-bond donors (Lipinski definition) is 2. The van der Waals surface area contributed by atoms with E-state index in [-0.39, 0.29) is 18.3 Å². The fourth-order valence-electron chi connectivity index (χ4n) is 3.44. The van der Waals surface area contributed by atoms with E-state index in [0.717, 1.165) is 31.8 Å². The minimum atomic E-state index is 0. The minimum absolute atomic E-state index is 0. The molecule has 0 spiro atoms. The third-order valence-electron chi connectivity index (χ3n) is 4.55. The molecule has 1 heterocycles. The van der Waals surface area contributed by atoms with Crippen molar-refractivity contribution in [2.45, 2.75) is 64.3 Å². The van der Waals surface area contributed by atoms with Crippen LogP contribution in [-0.4, -0.2) is 25.0 Å². The molecule has 1 aliphatic carbocycles. The Balaban J connectivity index is 0.00000180. The Hall–Kier alpha value is -0.280. The number of carbonyl (C=O) groups is 1. The van der Waals surface area contributed by atoms with Crippen LogP contribution in [0.3, 0.4) is 0 Å². The van der Waals surface area contributed by atoms with Crippen LogP contribution < -0.4 is 10.6 Å². The van der Waals surface area contributed by atoms with Crippen molar-refractivity contribution in [2.75, 3.05) is 13.1 Å². The summed E-state index contributed by atoms with van der Waals surface area (Å²) < 4.78 is 0. The number of hydrogen-bond acceptors (Lipinski definition) is 2. The van der Waals surface area contributed by atoms with Crippen LogP contribution in [0.1, 0.15) is 58.3 Å². The van der Waals surface area contributed by atoms with E-state index in [4.69, 9.17) is 0 Å². The first-order valence-electron chi connectivity index (χ1n) is 7.78. The summed E-state index contributed by atoms with van der Waals surface area (Å²) in [5.74, 6) is 1.77. The number of rotatable bonds is 5. The van der Waals surface area contributed by atoms with Crippen LogP contribution in [0.5, 0.6) is 0 Å². The molecule has 1 aliphatic heterocycles. The standard InChI is InChI=1S/C15H28N2O.ClH/c1-2-3-12-4-6-14(7-5-12)17-15(18)10-13-8-9-16-11-13;/h12-14,16H,2-11H2,1H3,(H,17,18);1H. The molecule has 3 nitrogen and oxygen atoms in total. The second-order valence-corrected chi connectivity index (χ2v) is 6.14. The van der Waals surface area contributed by atoms with Crippen molar-refractivity contribution in [3.05, 3.63) is 0 Å². The summed E-state index contributed by atoms with van der Waals surface area (Å²) in [4.78, 5) is 11.9. The molecule has 1 saturated heterocycles. The van der Waals surface area contributed by atoms with Gasteiger partial charge >= 0.3 is 0 Å². The van der Waals surface area contributed by atoms with Gasteiger partial charge in [-0.15, -0.1) is 12.4 Å².